The van der Waals surface area contributed by atoms with Gasteiger partial charge in [-0.2, -0.15) is 0 Å². The number of rotatable bonds is 8. The Balaban J connectivity index is 1.77. The number of carbonyl (C=O) groups is 2. The summed E-state index contributed by atoms with van der Waals surface area (Å²) in [6.07, 6.45) is 0.763. The van der Waals surface area contributed by atoms with Gasteiger partial charge in [-0.3, -0.25) is 9.59 Å². The maximum absolute atomic E-state index is 13.1. The van der Waals surface area contributed by atoms with E-state index in [0.717, 1.165) is 12.0 Å². The molecule has 6 heteroatoms. The van der Waals surface area contributed by atoms with E-state index < -0.39 is 0 Å². The number of aryl methyl sites for hydroxylation is 1. The largest absolute Gasteiger partial charge is 0.497 e. The van der Waals surface area contributed by atoms with Crippen LogP contribution in [0.5, 0.6) is 5.75 Å². The number of methoxy groups -OCH3 is 2. The molecule has 0 unspecified atom stereocenters. The molecular formula is C24H30N2O4. The van der Waals surface area contributed by atoms with Crippen molar-refractivity contribution >= 4 is 11.8 Å². The van der Waals surface area contributed by atoms with Crippen molar-refractivity contribution in [2.45, 2.75) is 19.3 Å². The number of hydrogen-bond acceptors (Lipinski definition) is 4. The maximum atomic E-state index is 13.1. The Labute approximate surface area is 178 Å². The molecule has 2 aromatic rings. The standard InChI is InChI=1S/C24H30N2O4/c1-17-5-7-18(8-6-17)21-15-26(16-22(21)23(27)25-13-4-14-29-2)24(28)19-9-11-20(30-3)12-10-19/h5-12,21-22H,4,13-16H2,1-3H3,(H,25,27)/t21-,22+/m1/s1. The average Bonchev–Trinajstić information content (AvgIpc) is 3.22. The number of hydrogen-bond donors (Lipinski definition) is 1. The van der Waals surface area contributed by atoms with Gasteiger partial charge in [-0.05, 0) is 43.2 Å². The van der Waals surface area contributed by atoms with Crippen LogP contribution in [-0.2, 0) is 9.53 Å². The van der Waals surface area contributed by atoms with Gasteiger partial charge in [0.2, 0.25) is 5.91 Å². The quantitative estimate of drug-likeness (QED) is 0.680. The van der Waals surface area contributed by atoms with Crippen molar-refractivity contribution < 1.29 is 19.1 Å². The van der Waals surface area contributed by atoms with Crippen LogP contribution in [0.25, 0.3) is 0 Å². The number of nitrogens with zero attached hydrogens (tertiary/aromatic N) is 1. The van der Waals surface area contributed by atoms with E-state index in [1.54, 1.807) is 43.4 Å². The molecule has 0 aromatic heterocycles. The van der Waals surface area contributed by atoms with Gasteiger partial charge in [0.05, 0.1) is 13.0 Å². The first-order chi connectivity index (χ1) is 14.5. The van der Waals surface area contributed by atoms with Crippen molar-refractivity contribution in [3.8, 4) is 5.75 Å². The zero-order valence-electron chi connectivity index (χ0n) is 17.9. The highest BCUT2D eigenvalue weighted by molar-refractivity contribution is 5.95. The zero-order valence-corrected chi connectivity index (χ0v) is 17.9. The molecule has 1 aliphatic rings. The topological polar surface area (TPSA) is 67.9 Å². The highest BCUT2D eigenvalue weighted by Crippen LogP contribution is 2.34. The average molecular weight is 411 g/mol. The lowest BCUT2D eigenvalue weighted by Gasteiger charge is -2.18. The van der Waals surface area contributed by atoms with E-state index in [0.29, 0.717) is 37.6 Å². The van der Waals surface area contributed by atoms with Gasteiger partial charge in [0, 0.05) is 44.8 Å². The van der Waals surface area contributed by atoms with Crippen LogP contribution in [-0.4, -0.2) is 57.2 Å². The Morgan fingerprint density at radius 2 is 1.73 bits per heavy atom. The van der Waals surface area contributed by atoms with Gasteiger partial charge in [-0.15, -0.1) is 0 Å². The van der Waals surface area contributed by atoms with Gasteiger partial charge in [0.15, 0.2) is 0 Å². The SMILES string of the molecule is COCCCNC(=O)[C@H]1CN(C(=O)c2ccc(OC)cc2)C[C@@H]1c1ccc(C)cc1. The number of carbonyl (C=O) groups excluding carboxylic acids is 2. The molecule has 2 aromatic carbocycles. The fourth-order valence-corrected chi connectivity index (χ4v) is 3.86. The summed E-state index contributed by atoms with van der Waals surface area (Å²) < 4.78 is 10.2. The molecule has 2 atom stereocenters. The Morgan fingerprint density at radius 1 is 1.03 bits per heavy atom. The van der Waals surface area contributed by atoms with E-state index >= 15 is 0 Å². The van der Waals surface area contributed by atoms with Crippen LogP contribution in [0.15, 0.2) is 48.5 Å². The predicted molar refractivity (Wildman–Crippen MR) is 116 cm³/mol. The lowest BCUT2D eigenvalue weighted by molar-refractivity contribution is -0.124. The van der Waals surface area contributed by atoms with Crippen LogP contribution in [0, 0.1) is 12.8 Å². The molecule has 6 nitrogen and oxygen atoms in total. The van der Waals surface area contributed by atoms with Crippen LogP contribution < -0.4 is 10.1 Å². The highest BCUT2D eigenvalue weighted by Gasteiger charge is 2.40. The molecule has 160 valence electrons. The van der Waals surface area contributed by atoms with Crippen LogP contribution in [0.1, 0.15) is 33.8 Å². The lowest BCUT2D eigenvalue weighted by atomic mass is 9.88. The molecule has 0 saturated carbocycles. The number of nitrogens with one attached hydrogen (secondary N) is 1. The molecular weight excluding hydrogens is 380 g/mol. The Kier molecular flexibility index (Phi) is 7.46. The van der Waals surface area contributed by atoms with E-state index in [2.05, 4.69) is 29.6 Å². The van der Waals surface area contributed by atoms with Gasteiger partial charge in [-0.1, -0.05) is 29.8 Å². The van der Waals surface area contributed by atoms with Gasteiger partial charge in [0.25, 0.3) is 5.91 Å². The predicted octanol–water partition coefficient (Wildman–Crippen LogP) is 3.01. The molecule has 0 radical (unpaired) electrons. The normalized spacial score (nSPS) is 18.3. The molecule has 0 bridgehead atoms. The molecule has 1 heterocycles. The number of ether oxygens (including phenoxy) is 2. The molecule has 1 fully saturated rings. The second-order valence-corrected chi connectivity index (χ2v) is 7.70. The molecule has 0 spiro atoms. The van der Waals surface area contributed by atoms with E-state index in [9.17, 15) is 9.59 Å². The Hall–Kier alpha value is -2.86. The molecule has 30 heavy (non-hydrogen) atoms. The molecule has 3 rings (SSSR count). The molecule has 1 N–H and O–H groups in total. The number of amides is 2. The maximum Gasteiger partial charge on any atom is 0.253 e. The third-order valence-corrected chi connectivity index (χ3v) is 5.61. The first kappa shape index (κ1) is 21.8. The summed E-state index contributed by atoms with van der Waals surface area (Å²) in [4.78, 5) is 27.8. The van der Waals surface area contributed by atoms with Crippen LogP contribution in [0.3, 0.4) is 0 Å². The summed E-state index contributed by atoms with van der Waals surface area (Å²) in [5, 5.41) is 3.01. The Bertz CT molecular complexity index is 849. The smallest absolute Gasteiger partial charge is 0.253 e. The highest BCUT2D eigenvalue weighted by atomic mass is 16.5. The van der Waals surface area contributed by atoms with Crippen molar-refractivity contribution in [3.05, 3.63) is 65.2 Å². The van der Waals surface area contributed by atoms with E-state index in [4.69, 9.17) is 9.47 Å². The van der Waals surface area contributed by atoms with Crippen molar-refractivity contribution in [2.24, 2.45) is 5.92 Å². The first-order valence-corrected chi connectivity index (χ1v) is 10.3. The summed E-state index contributed by atoms with van der Waals surface area (Å²) >= 11 is 0. The second-order valence-electron chi connectivity index (χ2n) is 7.70. The van der Waals surface area contributed by atoms with Crippen LogP contribution in [0.2, 0.25) is 0 Å². The minimum Gasteiger partial charge on any atom is -0.497 e. The minimum absolute atomic E-state index is 0.0123. The van der Waals surface area contributed by atoms with Crippen LogP contribution in [0.4, 0.5) is 0 Å². The molecule has 1 aliphatic heterocycles. The van der Waals surface area contributed by atoms with Crippen molar-refractivity contribution in [2.75, 3.05) is 40.5 Å². The number of benzene rings is 2. The first-order valence-electron chi connectivity index (χ1n) is 10.3. The molecule has 2 amide bonds. The van der Waals surface area contributed by atoms with Gasteiger partial charge < -0.3 is 19.7 Å². The monoisotopic (exact) mass is 410 g/mol. The summed E-state index contributed by atoms with van der Waals surface area (Å²) in [5.74, 6) is 0.317. The van der Waals surface area contributed by atoms with Crippen LogP contribution >= 0.6 is 0 Å². The van der Waals surface area contributed by atoms with Crippen molar-refractivity contribution in [3.63, 3.8) is 0 Å². The van der Waals surface area contributed by atoms with E-state index in [1.807, 2.05) is 6.92 Å². The summed E-state index contributed by atoms with van der Waals surface area (Å²) in [6.45, 7) is 4.13. The lowest BCUT2D eigenvalue weighted by Crippen LogP contribution is -2.36. The van der Waals surface area contributed by atoms with Crippen molar-refractivity contribution in [1.82, 2.24) is 10.2 Å². The zero-order chi connectivity index (χ0) is 21.5. The fourth-order valence-electron chi connectivity index (χ4n) is 3.86. The molecule has 0 aliphatic carbocycles. The van der Waals surface area contributed by atoms with Crippen molar-refractivity contribution in [1.29, 1.82) is 0 Å². The number of likely N-dealkylation sites (tertiary alicyclic amines) is 1. The Morgan fingerprint density at radius 3 is 2.37 bits per heavy atom. The summed E-state index contributed by atoms with van der Waals surface area (Å²) in [5.41, 5.74) is 2.85. The second kappa shape index (κ2) is 10.3. The third-order valence-electron chi connectivity index (χ3n) is 5.61. The third kappa shape index (κ3) is 5.19. The summed E-state index contributed by atoms with van der Waals surface area (Å²) in [7, 11) is 3.24. The van der Waals surface area contributed by atoms with E-state index in [-0.39, 0.29) is 23.7 Å². The van der Waals surface area contributed by atoms with Gasteiger partial charge in [-0.25, -0.2) is 0 Å². The molecule has 1 saturated heterocycles. The fraction of sp³-hybridized carbons (Fsp3) is 0.417. The minimum atomic E-state index is -0.280. The van der Waals surface area contributed by atoms with Gasteiger partial charge >= 0.3 is 0 Å². The van der Waals surface area contributed by atoms with E-state index in [1.165, 1.54) is 5.56 Å². The van der Waals surface area contributed by atoms with Gasteiger partial charge in [0.1, 0.15) is 5.75 Å². The summed E-state index contributed by atoms with van der Waals surface area (Å²) in [6, 6.07) is 15.3.